The second-order valence-corrected chi connectivity index (χ2v) is 7.27. The van der Waals surface area contributed by atoms with Gasteiger partial charge in [-0.25, -0.2) is 4.98 Å². The van der Waals surface area contributed by atoms with E-state index >= 15 is 0 Å². The summed E-state index contributed by atoms with van der Waals surface area (Å²) >= 11 is 13.2. The lowest BCUT2D eigenvalue weighted by atomic mass is 10.2. The Labute approximate surface area is 165 Å². The molecule has 0 saturated heterocycles. The first-order valence-electron chi connectivity index (χ1n) is 7.69. The highest BCUT2D eigenvalue weighted by Gasteiger charge is 2.10. The zero-order chi connectivity index (χ0) is 18.7. The number of aryl methyl sites for hydroxylation is 1. The van der Waals surface area contributed by atoms with Crippen LogP contribution in [0.15, 0.2) is 54.2 Å². The predicted octanol–water partition coefficient (Wildman–Crippen LogP) is 4.26. The Balaban J connectivity index is 1.54. The van der Waals surface area contributed by atoms with Crippen LogP contribution in [0.2, 0.25) is 10.0 Å². The van der Waals surface area contributed by atoms with Crippen LogP contribution in [-0.2, 0) is 11.8 Å². The number of para-hydroxylation sites is 2. The molecule has 134 valence electrons. The minimum atomic E-state index is -0.191. The number of thioether (sulfide) groups is 1. The lowest BCUT2D eigenvalue weighted by molar-refractivity contribution is -0.119. The number of fused-ring (bicyclic) bond motifs is 1. The van der Waals surface area contributed by atoms with Crippen LogP contribution >= 0.6 is 35.0 Å². The van der Waals surface area contributed by atoms with Gasteiger partial charge in [-0.1, -0.05) is 59.7 Å². The van der Waals surface area contributed by atoms with Crippen molar-refractivity contribution in [2.24, 2.45) is 7.05 Å². The lowest BCUT2D eigenvalue weighted by Gasteiger charge is -2.11. The number of hydrogen-bond acceptors (Lipinski definition) is 4. The number of rotatable bonds is 6. The molecule has 2 N–H and O–H groups in total. The maximum atomic E-state index is 12.1. The van der Waals surface area contributed by atoms with Crippen molar-refractivity contribution >= 4 is 57.6 Å². The lowest BCUT2D eigenvalue weighted by Crippen LogP contribution is -2.37. The highest BCUT2D eigenvalue weighted by atomic mass is 35.5. The second kappa shape index (κ2) is 8.03. The molecule has 0 aliphatic carbocycles. The van der Waals surface area contributed by atoms with Crippen molar-refractivity contribution in [3.8, 4) is 0 Å². The van der Waals surface area contributed by atoms with Crippen LogP contribution in [0, 0.1) is 0 Å². The Hall–Kier alpha value is -2.15. The molecule has 0 radical (unpaired) electrons. The number of nitrogens with one attached hydrogen (secondary N) is 2. The summed E-state index contributed by atoms with van der Waals surface area (Å²) in [5.74, 6) is 0.0296. The molecule has 0 fully saturated rings. The Bertz CT molecular complexity index is 986. The number of hydrogen-bond donors (Lipinski definition) is 2. The monoisotopic (exact) mass is 406 g/mol. The molecule has 0 unspecified atom stereocenters. The fraction of sp³-hybridized carbons (Fsp3) is 0.111. The van der Waals surface area contributed by atoms with Gasteiger partial charge in [0.15, 0.2) is 5.16 Å². The molecule has 26 heavy (non-hydrogen) atoms. The number of carbonyl (C=O) groups excluding carboxylic acids is 1. The fourth-order valence-electron chi connectivity index (χ4n) is 2.32. The summed E-state index contributed by atoms with van der Waals surface area (Å²) in [6.45, 7) is 3.88. The molecule has 3 rings (SSSR count). The molecular formula is C18H16Cl2N4OS. The third kappa shape index (κ3) is 4.15. The van der Waals surface area contributed by atoms with Gasteiger partial charge in [-0.05, 0) is 24.3 Å². The number of benzene rings is 2. The van der Waals surface area contributed by atoms with E-state index in [0.717, 1.165) is 21.8 Å². The Morgan fingerprint density at radius 1 is 1.19 bits per heavy atom. The Morgan fingerprint density at radius 3 is 2.69 bits per heavy atom. The summed E-state index contributed by atoms with van der Waals surface area (Å²) in [5, 5.41) is 1.67. The number of aromatic nitrogens is 2. The van der Waals surface area contributed by atoms with Gasteiger partial charge in [-0.15, -0.1) is 0 Å². The van der Waals surface area contributed by atoms with Crippen molar-refractivity contribution < 1.29 is 4.79 Å². The highest BCUT2D eigenvalue weighted by molar-refractivity contribution is 7.99. The maximum absolute atomic E-state index is 12.1. The number of amides is 1. The predicted molar refractivity (Wildman–Crippen MR) is 108 cm³/mol. The van der Waals surface area contributed by atoms with Gasteiger partial charge in [-0.3, -0.25) is 15.6 Å². The number of carbonyl (C=O) groups is 1. The van der Waals surface area contributed by atoms with Gasteiger partial charge in [0.25, 0.3) is 0 Å². The number of nitrogens with zero attached hydrogens (tertiary/aromatic N) is 2. The topological polar surface area (TPSA) is 58.9 Å². The fourth-order valence-corrected chi connectivity index (χ4v) is 3.41. The van der Waals surface area contributed by atoms with Crippen LogP contribution < -0.4 is 10.9 Å². The molecule has 1 aromatic heterocycles. The molecule has 3 aromatic rings. The Kier molecular flexibility index (Phi) is 5.76. The normalized spacial score (nSPS) is 10.7. The average Bonchev–Trinajstić information content (AvgIpc) is 2.96. The number of halogens is 2. The number of hydrazine groups is 1. The quantitative estimate of drug-likeness (QED) is 0.474. The molecule has 1 heterocycles. The molecule has 1 amide bonds. The van der Waals surface area contributed by atoms with E-state index in [2.05, 4.69) is 22.4 Å². The van der Waals surface area contributed by atoms with E-state index in [0.29, 0.717) is 15.7 Å². The molecule has 0 bridgehead atoms. The van der Waals surface area contributed by atoms with E-state index < -0.39 is 0 Å². The molecule has 0 atom stereocenters. The third-order valence-corrected chi connectivity index (χ3v) is 5.47. The average molecular weight is 407 g/mol. The molecular weight excluding hydrogens is 391 g/mol. The zero-order valence-corrected chi connectivity index (χ0v) is 16.3. The van der Waals surface area contributed by atoms with Crippen LogP contribution in [0.25, 0.3) is 16.7 Å². The maximum Gasteiger partial charge on any atom is 0.248 e. The first kappa shape index (κ1) is 18.6. The first-order valence-corrected chi connectivity index (χ1v) is 9.43. The summed E-state index contributed by atoms with van der Waals surface area (Å²) in [4.78, 5) is 16.6. The van der Waals surface area contributed by atoms with Gasteiger partial charge < -0.3 is 4.57 Å². The van der Waals surface area contributed by atoms with E-state index in [9.17, 15) is 4.79 Å². The van der Waals surface area contributed by atoms with Gasteiger partial charge in [-0.2, -0.15) is 0 Å². The van der Waals surface area contributed by atoms with Gasteiger partial charge in [0.05, 0.1) is 32.5 Å². The van der Waals surface area contributed by atoms with Crippen molar-refractivity contribution in [1.82, 2.24) is 20.4 Å². The smallest absolute Gasteiger partial charge is 0.248 e. The summed E-state index contributed by atoms with van der Waals surface area (Å²) < 4.78 is 1.97. The summed E-state index contributed by atoms with van der Waals surface area (Å²) in [6.07, 6.45) is 0. The molecule has 2 aromatic carbocycles. The SMILES string of the molecule is C=C(NNC(=O)CSc1nc2ccccc2n1C)c1ccc(Cl)c(Cl)c1. The molecule has 8 heteroatoms. The van der Waals surface area contributed by atoms with Crippen LogP contribution in [0.3, 0.4) is 0 Å². The minimum Gasteiger partial charge on any atom is -0.322 e. The van der Waals surface area contributed by atoms with Crippen LogP contribution in [0.5, 0.6) is 0 Å². The molecule has 0 aliphatic rings. The van der Waals surface area contributed by atoms with Gasteiger partial charge in [0.2, 0.25) is 5.91 Å². The molecule has 0 saturated carbocycles. The van der Waals surface area contributed by atoms with Crippen molar-refractivity contribution in [3.05, 3.63) is 64.7 Å². The van der Waals surface area contributed by atoms with Gasteiger partial charge in [0, 0.05) is 12.6 Å². The van der Waals surface area contributed by atoms with Crippen LogP contribution in [-0.4, -0.2) is 21.2 Å². The van der Waals surface area contributed by atoms with Crippen LogP contribution in [0.4, 0.5) is 0 Å². The third-order valence-electron chi connectivity index (χ3n) is 3.70. The molecule has 0 aliphatic heterocycles. The van der Waals surface area contributed by atoms with Crippen molar-refractivity contribution in [3.63, 3.8) is 0 Å². The van der Waals surface area contributed by atoms with E-state index in [-0.39, 0.29) is 11.7 Å². The highest BCUT2D eigenvalue weighted by Crippen LogP contribution is 2.25. The van der Waals surface area contributed by atoms with Gasteiger partial charge >= 0.3 is 0 Å². The standard InChI is InChI=1S/C18H16Cl2N4OS/c1-11(12-7-8-13(19)14(20)9-12)22-23-17(25)10-26-18-21-15-5-3-4-6-16(15)24(18)2/h3-9,22H,1,10H2,2H3,(H,23,25). The second-order valence-electron chi connectivity index (χ2n) is 5.51. The summed E-state index contributed by atoms with van der Waals surface area (Å²) in [7, 11) is 1.93. The van der Waals surface area contributed by atoms with E-state index in [1.807, 2.05) is 35.9 Å². The summed E-state index contributed by atoms with van der Waals surface area (Å²) in [5.41, 5.74) is 8.60. The zero-order valence-electron chi connectivity index (χ0n) is 13.9. The minimum absolute atomic E-state index is 0.191. The Morgan fingerprint density at radius 2 is 1.96 bits per heavy atom. The molecule has 0 spiro atoms. The summed E-state index contributed by atoms with van der Waals surface area (Å²) in [6, 6.07) is 13.0. The molecule has 5 nitrogen and oxygen atoms in total. The van der Waals surface area contributed by atoms with E-state index in [4.69, 9.17) is 23.2 Å². The van der Waals surface area contributed by atoms with Crippen molar-refractivity contribution in [1.29, 1.82) is 0 Å². The largest absolute Gasteiger partial charge is 0.322 e. The van der Waals surface area contributed by atoms with Crippen LogP contribution in [0.1, 0.15) is 5.56 Å². The van der Waals surface area contributed by atoms with E-state index in [1.54, 1.807) is 18.2 Å². The van der Waals surface area contributed by atoms with Crippen molar-refractivity contribution in [2.75, 3.05) is 5.75 Å². The van der Waals surface area contributed by atoms with Gasteiger partial charge in [0.1, 0.15) is 0 Å². The number of imidazole rings is 1. The van der Waals surface area contributed by atoms with E-state index in [1.165, 1.54) is 11.8 Å². The first-order chi connectivity index (χ1) is 12.5. The van der Waals surface area contributed by atoms with Crippen molar-refractivity contribution in [2.45, 2.75) is 5.16 Å².